The predicted octanol–water partition coefficient (Wildman–Crippen LogP) is 10.4. The maximum absolute atomic E-state index is 6.19. The molecule has 7 nitrogen and oxygen atoms in total. The van der Waals surface area contributed by atoms with E-state index in [1.54, 1.807) is 36.9 Å². The Morgan fingerprint density at radius 3 is 1.74 bits per heavy atom. The monoisotopic (exact) mass is 701 g/mol. The van der Waals surface area contributed by atoms with Crippen molar-refractivity contribution in [2.24, 2.45) is 0 Å². The van der Waals surface area contributed by atoms with Gasteiger partial charge in [-0.05, 0) is 54.1 Å². The van der Waals surface area contributed by atoms with Crippen LogP contribution in [0.2, 0.25) is 23.9 Å². The van der Waals surface area contributed by atoms with Crippen LogP contribution in [-0.2, 0) is 6.54 Å². The summed E-state index contributed by atoms with van der Waals surface area (Å²) in [5.41, 5.74) is 2.77. The van der Waals surface area contributed by atoms with Crippen LogP contribution >= 0.6 is 80.7 Å². The van der Waals surface area contributed by atoms with E-state index in [4.69, 9.17) is 58.0 Å². The highest BCUT2D eigenvalue weighted by Gasteiger charge is 2.13. The number of nitrogens with one attached hydrogen (secondary N) is 1. The lowest BCUT2D eigenvalue weighted by Gasteiger charge is -2.10. The summed E-state index contributed by atoms with van der Waals surface area (Å²) in [6, 6.07) is 16.6. The van der Waals surface area contributed by atoms with Gasteiger partial charge in [0.2, 0.25) is 0 Å². The number of aromatic nitrogens is 6. The van der Waals surface area contributed by atoms with Gasteiger partial charge >= 0.3 is 0 Å². The maximum atomic E-state index is 6.19. The summed E-state index contributed by atoms with van der Waals surface area (Å²) in [5, 5.41) is 6.51. The Morgan fingerprint density at radius 1 is 0.581 bits per heavy atom. The van der Waals surface area contributed by atoms with E-state index in [9.17, 15) is 0 Å². The predicted molar refractivity (Wildman–Crippen MR) is 180 cm³/mol. The molecule has 43 heavy (non-hydrogen) atoms. The summed E-state index contributed by atoms with van der Waals surface area (Å²) in [6.45, 7) is 0.548. The lowest BCUT2D eigenvalue weighted by molar-refractivity contribution is 1.11. The van der Waals surface area contributed by atoms with Crippen molar-refractivity contribution in [1.82, 2.24) is 29.9 Å². The quantitative estimate of drug-likeness (QED) is 0.179. The molecule has 7 aromatic rings. The average molecular weight is 704 g/mol. The smallest absolute Gasteiger partial charge is 0.163 e. The Bertz CT molecular complexity index is 2050. The number of hydrogen-bond donors (Lipinski definition) is 1. The van der Waals surface area contributed by atoms with Crippen molar-refractivity contribution in [1.29, 1.82) is 0 Å². The molecule has 6 heterocycles. The summed E-state index contributed by atoms with van der Waals surface area (Å²) < 4.78 is 1.32. The van der Waals surface area contributed by atoms with Crippen LogP contribution in [0.5, 0.6) is 0 Å². The fourth-order valence-corrected chi connectivity index (χ4v) is 6.76. The first-order valence-electron chi connectivity index (χ1n) is 12.4. The van der Waals surface area contributed by atoms with E-state index in [-0.39, 0.29) is 0 Å². The molecule has 1 aromatic carbocycles. The first kappa shape index (κ1) is 29.9. The molecule has 0 unspecified atom stereocenters. The highest BCUT2D eigenvalue weighted by molar-refractivity contribution is 7.22. The van der Waals surface area contributed by atoms with Crippen LogP contribution in [0.4, 0.5) is 5.82 Å². The van der Waals surface area contributed by atoms with Crippen LogP contribution in [0.15, 0.2) is 79.4 Å². The topological polar surface area (TPSA) is 89.4 Å². The zero-order valence-electron chi connectivity index (χ0n) is 21.6. The lowest BCUT2D eigenvalue weighted by Crippen LogP contribution is -2.03. The Kier molecular flexibility index (Phi) is 9.20. The minimum Gasteiger partial charge on any atom is -0.365 e. The second-order valence-corrected chi connectivity index (χ2v) is 13.3. The Labute approximate surface area is 278 Å². The number of rotatable bonds is 5. The molecule has 6 aromatic heterocycles. The van der Waals surface area contributed by atoms with Gasteiger partial charge in [-0.2, -0.15) is 0 Å². The van der Waals surface area contributed by atoms with Gasteiger partial charge in [0, 0.05) is 42.5 Å². The summed E-state index contributed by atoms with van der Waals surface area (Å²) in [5.74, 6) is 1.93. The third-order valence-electron chi connectivity index (χ3n) is 6.00. The molecule has 1 N–H and O–H groups in total. The fourth-order valence-electron chi connectivity index (χ4n) is 3.98. The number of nitrogens with zero attached hydrogens (tertiary/aromatic N) is 6. The molecule has 0 amide bonds. The van der Waals surface area contributed by atoms with E-state index in [0.717, 1.165) is 42.9 Å². The van der Waals surface area contributed by atoms with Crippen LogP contribution < -0.4 is 5.32 Å². The molecule has 0 radical (unpaired) electrons. The van der Waals surface area contributed by atoms with Crippen LogP contribution in [-0.4, -0.2) is 29.9 Å². The van der Waals surface area contributed by atoms with E-state index < -0.39 is 0 Å². The Balaban J connectivity index is 0.000000167. The average Bonchev–Trinajstić information content (AvgIpc) is 3.60. The number of halogens is 5. The van der Waals surface area contributed by atoms with E-state index >= 15 is 0 Å². The summed E-state index contributed by atoms with van der Waals surface area (Å²) in [7, 11) is 0. The van der Waals surface area contributed by atoms with Crippen molar-refractivity contribution in [3.05, 3.63) is 109 Å². The molecule has 214 valence electrons. The minimum absolute atomic E-state index is 0.421. The highest BCUT2D eigenvalue weighted by Crippen LogP contribution is 2.35. The molecule has 14 heteroatoms. The second-order valence-electron chi connectivity index (χ2n) is 8.85. The molecule has 7 rings (SSSR count). The third-order valence-corrected chi connectivity index (χ3v) is 9.34. The van der Waals surface area contributed by atoms with E-state index in [0.29, 0.717) is 42.1 Å². The first-order valence-corrected chi connectivity index (χ1v) is 15.9. The molecule has 0 aliphatic carbocycles. The van der Waals surface area contributed by atoms with Crippen LogP contribution in [0.25, 0.3) is 43.2 Å². The molecule has 0 saturated heterocycles. The number of anilines is 1. The Morgan fingerprint density at radius 2 is 1.14 bits per heavy atom. The second kappa shape index (κ2) is 13.2. The van der Waals surface area contributed by atoms with E-state index in [1.807, 2.05) is 42.5 Å². The van der Waals surface area contributed by atoms with Crippen molar-refractivity contribution < 1.29 is 0 Å². The SMILES string of the molecule is Clc1cc2c(Cl)nc(-c3ccncc3)nc2s1.Clc1cc2c(NCc3ccc(Cl)c(Cl)c3)nc(-c3ccncc3)nc2s1. The van der Waals surface area contributed by atoms with Crippen molar-refractivity contribution in [2.45, 2.75) is 6.54 Å². The number of fused-ring (bicyclic) bond motifs is 2. The van der Waals surface area contributed by atoms with Gasteiger partial charge in [0.15, 0.2) is 11.6 Å². The number of thiophene rings is 2. The Hall–Kier alpha value is -3.15. The molecule has 0 fully saturated rings. The minimum atomic E-state index is 0.421. The summed E-state index contributed by atoms with van der Waals surface area (Å²) in [4.78, 5) is 27.6. The van der Waals surface area contributed by atoms with Gasteiger partial charge in [0.1, 0.15) is 20.6 Å². The number of benzene rings is 1. The molecule has 0 spiro atoms. The largest absolute Gasteiger partial charge is 0.365 e. The first-order chi connectivity index (χ1) is 20.8. The van der Waals surface area contributed by atoms with Gasteiger partial charge in [-0.25, -0.2) is 19.9 Å². The normalized spacial score (nSPS) is 11.0. The van der Waals surface area contributed by atoms with Gasteiger partial charge < -0.3 is 5.32 Å². The zero-order chi connectivity index (χ0) is 29.9. The van der Waals surface area contributed by atoms with Crippen molar-refractivity contribution in [2.75, 3.05) is 5.32 Å². The van der Waals surface area contributed by atoms with Gasteiger partial charge in [-0.15, -0.1) is 22.7 Å². The van der Waals surface area contributed by atoms with Crippen molar-refractivity contribution in [3.63, 3.8) is 0 Å². The molecule has 0 aliphatic heterocycles. The van der Waals surface area contributed by atoms with Gasteiger partial charge in [0.25, 0.3) is 0 Å². The van der Waals surface area contributed by atoms with Crippen LogP contribution in [0, 0.1) is 0 Å². The zero-order valence-corrected chi connectivity index (χ0v) is 27.0. The van der Waals surface area contributed by atoms with Crippen molar-refractivity contribution >= 4 is 107 Å². The molecule has 0 bridgehead atoms. The van der Waals surface area contributed by atoms with Gasteiger partial charge in [0.05, 0.1) is 29.5 Å². The molecule has 0 atom stereocenters. The van der Waals surface area contributed by atoms with Gasteiger partial charge in [-0.3, -0.25) is 9.97 Å². The lowest BCUT2D eigenvalue weighted by atomic mass is 10.2. The maximum Gasteiger partial charge on any atom is 0.163 e. The standard InChI is InChI=1S/C18H11Cl3N4S.C11H5Cl2N3S/c19-13-2-1-10(7-14(13)20)9-23-17-12-8-15(21)26-18(12)25-16(24-17)11-3-5-22-6-4-11;12-8-5-7-9(13)15-10(16-11(7)17-8)6-1-3-14-4-2-6/h1-8H,9H2,(H,23,24,25);1-5H. The van der Waals surface area contributed by atoms with Gasteiger partial charge in [-0.1, -0.05) is 64.1 Å². The fraction of sp³-hybridized carbons (Fsp3) is 0.0345. The summed E-state index contributed by atoms with van der Waals surface area (Å²) in [6.07, 6.45) is 6.82. The number of pyridine rings is 2. The molecule has 0 aliphatic rings. The number of hydrogen-bond acceptors (Lipinski definition) is 9. The van der Waals surface area contributed by atoms with Crippen LogP contribution in [0.1, 0.15) is 5.56 Å². The van der Waals surface area contributed by atoms with Crippen molar-refractivity contribution in [3.8, 4) is 22.8 Å². The summed E-state index contributed by atoms with van der Waals surface area (Å²) >= 11 is 33.1. The molecular weight excluding hydrogens is 688 g/mol. The van der Waals surface area contributed by atoms with E-state index in [2.05, 4.69) is 35.2 Å². The molecular formula is C29H16Cl5N7S2. The third kappa shape index (κ3) is 6.99. The molecule has 0 saturated carbocycles. The van der Waals surface area contributed by atoms with Crippen LogP contribution in [0.3, 0.4) is 0 Å². The highest BCUT2D eigenvalue weighted by atomic mass is 35.5. The van der Waals surface area contributed by atoms with E-state index in [1.165, 1.54) is 22.7 Å².